The van der Waals surface area contributed by atoms with Gasteiger partial charge in [-0.05, 0) is 12.5 Å². The first-order valence-corrected chi connectivity index (χ1v) is 2.46. The standard InChI is InChI=1S/C6H4F3/c7-4-2-1-3-5(8)6(4)9/h2-3H,1H2. The first-order chi connectivity index (χ1) is 4.22. The van der Waals surface area contributed by atoms with Crippen LogP contribution < -0.4 is 0 Å². The fraction of sp³-hybridized carbons (Fsp3) is 0.167. The van der Waals surface area contributed by atoms with E-state index in [2.05, 4.69) is 0 Å². The lowest BCUT2D eigenvalue weighted by atomic mass is 10.1. The highest BCUT2D eigenvalue weighted by Gasteiger charge is 2.15. The van der Waals surface area contributed by atoms with Gasteiger partial charge in [-0.2, -0.15) is 0 Å². The van der Waals surface area contributed by atoms with Gasteiger partial charge in [0.15, 0.2) is 11.7 Å². The number of rotatable bonds is 0. The molecule has 0 unspecified atom stereocenters. The van der Waals surface area contributed by atoms with Crippen LogP contribution in [-0.4, -0.2) is 0 Å². The summed E-state index contributed by atoms with van der Waals surface area (Å²) in [7, 11) is 0. The Labute approximate surface area is 50.7 Å². The fourth-order valence-electron chi connectivity index (χ4n) is 0.559. The number of allylic oxidation sites excluding steroid dienone is 4. The third kappa shape index (κ3) is 1.15. The van der Waals surface area contributed by atoms with Crippen molar-refractivity contribution in [3.05, 3.63) is 30.0 Å². The summed E-state index contributed by atoms with van der Waals surface area (Å²) in [5, 5.41) is 0. The quantitative estimate of drug-likeness (QED) is 0.476. The Hall–Kier alpha value is -0.730. The van der Waals surface area contributed by atoms with Gasteiger partial charge in [0, 0.05) is 6.42 Å². The monoisotopic (exact) mass is 133 g/mol. The summed E-state index contributed by atoms with van der Waals surface area (Å²) in [4.78, 5) is 0. The minimum absolute atomic E-state index is 0.130. The highest BCUT2D eigenvalue weighted by molar-refractivity contribution is 5.30. The zero-order chi connectivity index (χ0) is 6.85. The molecule has 0 aliphatic heterocycles. The van der Waals surface area contributed by atoms with Crippen LogP contribution in [0.5, 0.6) is 0 Å². The second-order valence-electron chi connectivity index (χ2n) is 1.65. The van der Waals surface area contributed by atoms with E-state index in [9.17, 15) is 13.2 Å². The molecule has 1 rings (SSSR count). The molecule has 0 N–H and O–H groups in total. The van der Waals surface area contributed by atoms with E-state index in [1.807, 2.05) is 0 Å². The Balaban J connectivity index is 2.88. The minimum Gasteiger partial charge on any atom is -0.208 e. The summed E-state index contributed by atoms with van der Waals surface area (Å²) in [6.45, 7) is 0. The average molecular weight is 133 g/mol. The first kappa shape index (κ1) is 6.39. The van der Waals surface area contributed by atoms with Crippen LogP contribution in [0.2, 0.25) is 0 Å². The van der Waals surface area contributed by atoms with Crippen molar-refractivity contribution in [3.63, 3.8) is 0 Å². The number of hydrogen-bond donors (Lipinski definition) is 0. The van der Waals surface area contributed by atoms with Gasteiger partial charge in [-0.15, -0.1) is 0 Å². The van der Waals surface area contributed by atoms with Gasteiger partial charge in [0.05, 0.1) is 0 Å². The molecule has 9 heavy (non-hydrogen) atoms. The summed E-state index contributed by atoms with van der Waals surface area (Å²) in [5.41, 5.74) is 0. The van der Waals surface area contributed by atoms with Gasteiger partial charge < -0.3 is 0 Å². The molecule has 0 nitrogen and oxygen atoms in total. The normalized spacial score (nSPS) is 20.1. The first-order valence-electron chi connectivity index (χ1n) is 2.46. The van der Waals surface area contributed by atoms with Crippen molar-refractivity contribution in [2.24, 2.45) is 0 Å². The molecule has 0 bridgehead atoms. The molecule has 0 amide bonds. The second-order valence-corrected chi connectivity index (χ2v) is 1.65. The number of hydrogen-bond acceptors (Lipinski definition) is 0. The molecule has 0 saturated carbocycles. The van der Waals surface area contributed by atoms with Crippen LogP contribution in [0.4, 0.5) is 13.2 Å². The van der Waals surface area contributed by atoms with E-state index in [0.717, 1.165) is 12.5 Å². The fourth-order valence-corrected chi connectivity index (χ4v) is 0.559. The molecular formula is C6H4F3. The van der Waals surface area contributed by atoms with Crippen molar-refractivity contribution >= 4 is 0 Å². The lowest BCUT2D eigenvalue weighted by Gasteiger charge is -2.01. The Morgan fingerprint density at radius 2 is 1.89 bits per heavy atom. The van der Waals surface area contributed by atoms with E-state index >= 15 is 0 Å². The van der Waals surface area contributed by atoms with Crippen molar-refractivity contribution < 1.29 is 13.2 Å². The Bertz CT molecular complexity index is 179. The highest BCUT2D eigenvalue weighted by atomic mass is 19.2. The maximum absolute atomic E-state index is 12.0. The van der Waals surface area contributed by atoms with Gasteiger partial charge in [0.2, 0.25) is 0 Å². The van der Waals surface area contributed by atoms with Crippen LogP contribution in [0.1, 0.15) is 6.42 Å². The molecule has 0 aromatic rings. The molecule has 1 radical (unpaired) electrons. The van der Waals surface area contributed by atoms with E-state index in [0.29, 0.717) is 0 Å². The summed E-state index contributed by atoms with van der Waals surface area (Å²) in [5.74, 6) is -3.59. The van der Waals surface area contributed by atoms with Crippen molar-refractivity contribution in [3.8, 4) is 0 Å². The maximum atomic E-state index is 12.0. The molecule has 0 saturated heterocycles. The second kappa shape index (κ2) is 2.25. The Morgan fingerprint density at radius 3 is 2.33 bits per heavy atom. The summed E-state index contributed by atoms with van der Waals surface area (Å²) in [6.07, 6.45) is 2.10. The summed E-state index contributed by atoms with van der Waals surface area (Å²) in [6, 6.07) is 0. The average Bonchev–Trinajstić information content (AvgIpc) is 1.83. The zero-order valence-corrected chi connectivity index (χ0v) is 4.50. The predicted molar refractivity (Wildman–Crippen MR) is 27.3 cm³/mol. The summed E-state index contributed by atoms with van der Waals surface area (Å²) < 4.78 is 36.0. The van der Waals surface area contributed by atoms with Gasteiger partial charge in [-0.25, -0.2) is 13.2 Å². The smallest absolute Gasteiger partial charge is 0.190 e. The van der Waals surface area contributed by atoms with Crippen LogP contribution in [0.25, 0.3) is 0 Å². The third-order valence-corrected chi connectivity index (χ3v) is 1.01. The van der Waals surface area contributed by atoms with Crippen molar-refractivity contribution in [1.29, 1.82) is 0 Å². The van der Waals surface area contributed by atoms with Crippen LogP contribution in [0, 0.1) is 6.42 Å². The lowest BCUT2D eigenvalue weighted by Crippen LogP contribution is -1.90. The summed E-state index contributed by atoms with van der Waals surface area (Å²) >= 11 is 0. The third-order valence-electron chi connectivity index (χ3n) is 1.01. The topological polar surface area (TPSA) is 0 Å². The van der Waals surface area contributed by atoms with E-state index < -0.39 is 17.5 Å². The molecule has 0 fully saturated rings. The van der Waals surface area contributed by atoms with E-state index in [4.69, 9.17) is 0 Å². The van der Waals surface area contributed by atoms with Gasteiger partial charge in [-0.3, -0.25) is 0 Å². The molecule has 49 valence electrons. The largest absolute Gasteiger partial charge is 0.208 e. The number of halogens is 3. The van der Waals surface area contributed by atoms with Crippen molar-refractivity contribution in [2.45, 2.75) is 6.42 Å². The molecule has 0 aromatic heterocycles. The molecule has 3 heteroatoms. The van der Waals surface area contributed by atoms with Crippen LogP contribution in [0.15, 0.2) is 23.6 Å². The predicted octanol–water partition coefficient (Wildman–Crippen LogP) is 2.60. The van der Waals surface area contributed by atoms with Crippen LogP contribution >= 0.6 is 0 Å². The lowest BCUT2D eigenvalue weighted by molar-refractivity contribution is 0.485. The molecule has 0 aromatic carbocycles. The van der Waals surface area contributed by atoms with Crippen molar-refractivity contribution in [1.82, 2.24) is 0 Å². The van der Waals surface area contributed by atoms with Crippen LogP contribution in [-0.2, 0) is 0 Å². The van der Waals surface area contributed by atoms with Gasteiger partial charge in [0.25, 0.3) is 0 Å². The molecular weight excluding hydrogens is 129 g/mol. The van der Waals surface area contributed by atoms with Crippen LogP contribution in [0.3, 0.4) is 0 Å². The van der Waals surface area contributed by atoms with Gasteiger partial charge in [-0.1, -0.05) is 0 Å². The Kier molecular flexibility index (Phi) is 1.60. The molecule has 0 spiro atoms. The molecule has 1 aliphatic carbocycles. The SMILES string of the molecule is FC1=CC[CH]C(F)=C1F. The van der Waals surface area contributed by atoms with E-state index in [1.165, 1.54) is 0 Å². The molecule has 0 heterocycles. The van der Waals surface area contributed by atoms with Crippen molar-refractivity contribution in [2.75, 3.05) is 0 Å². The van der Waals surface area contributed by atoms with Gasteiger partial charge in [0.1, 0.15) is 5.83 Å². The minimum atomic E-state index is -1.39. The van der Waals surface area contributed by atoms with E-state index in [-0.39, 0.29) is 6.42 Å². The maximum Gasteiger partial charge on any atom is 0.190 e. The highest BCUT2D eigenvalue weighted by Crippen LogP contribution is 2.26. The molecule has 0 atom stereocenters. The van der Waals surface area contributed by atoms with Gasteiger partial charge >= 0.3 is 0 Å². The Morgan fingerprint density at radius 1 is 1.22 bits per heavy atom. The molecule has 1 aliphatic rings. The zero-order valence-electron chi connectivity index (χ0n) is 4.50. The van der Waals surface area contributed by atoms with E-state index in [1.54, 1.807) is 0 Å².